The van der Waals surface area contributed by atoms with E-state index in [0.717, 1.165) is 52.7 Å². The number of furan rings is 1. The highest BCUT2D eigenvalue weighted by molar-refractivity contribution is 7.99. The SMILES string of the molecule is c1coc(Cn2c(Sc3ncnc4sc5c(c34)CCCC5)nnc2N2CCCC2)c1. The molecule has 9 heteroatoms. The molecule has 2 aliphatic rings. The Morgan fingerprint density at radius 2 is 1.97 bits per heavy atom. The van der Waals surface area contributed by atoms with Crippen LogP contribution in [0.25, 0.3) is 10.2 Å². The number of thiophene rings is 1. The molecule has 0 N–H and O–H groups in total. The Bertz CT molecular complexity index is 1180. The van der Waals surface area contributed by atoms with Crippen LogP contribution in [0.5, 0.6) is 0 Å². The van der Waals surface area contributed by atoms with Crippen LogP contribution in [-0.2, 0) is 19.4 Å². The van der Waals surface area contributed by atoms with E-state index in [1.165, 1.54) is 41.5 Å². The maximum absolute atomic E-state index is 5.63. The fourth-order valence-corrected chi connectivity index (χ4v) is 6.66. The second-order valence-electron chi connectivity index (χ2n) is 7.81. The van der Waals surface area contributed by atoms with E-state index in [0.29, 0.717) is 6.54 Å². The van der Waals surface area contributed by atoms with Gasteiger partial charge in [0.05, 0.1) is 12.8 Å². The molecule has 4 aromatic heterocycles. The van der Waals surface area contributed by atoms with Crippen molar-refractivity contribution in [1.29, 1.82) is 0 Å². The lowest BCUT2D eigenvalue weighted by Crippen LogP contribution is -2.22. The monoisotopic (exact) mass is 438 g/mol. The lowest BCUT2D eigenvalue weighted by atomic mass is 9.97. The van der Waals surface area contributed by atoms with Crippen LogP contribution in [0.1, 0.15) is 41.9 Å². The Labute approximate surface area is 182 Å². The Morgan fingerprint density at radius 1 is 1.07 bits per heavy atom. The summed E-state index contributed by atoms with van der Waals surface area (Å²) in [5.74, 6) is 1.82. The van der Waals surface area contributed by atoms with Crippen LogP contribution in [0.2, 0.25) is 0 Å². The molecule has 1 aliphatic heterocycles. The second-order valence-corrected chi connectivity index (χ2v) is 9.85. The summed E-state index contributed by atoms with van der Waals surface area (Å²) >= 11 is 3.43. The normalized spacial score (nSPS) is 16.5. The molecule has 6 rings (SSSR count). The number of aromatic nitrogens is 5. The van der Waals surface area contributed by atoms with Crippen LogP contribution in [0.15, 0.2) is 39.3 Å². The van der Waals surface area contributed by atoms with E-state index < -0.39 is 0 Å². The molecule has 0 spiro atoms. The molecule has 30 heavy (non-hydrogen) atoms. The van der Waals surface area contributed by atoms with Gasteiger partial charge in [0.15, 0.2) is 5.16 Å². The first kappa shape index (κ1) is 18.4. The fourth-order valence-electron chi connectivity index (χ4n) is 4.43. The summed E-state index contributed by atoms with van der Waals surface area (Å²) in [6, 6.07) is 3.92. The smallest absolute Gasteiger partial charge is 0.228 e. The number of aryl methyl sites for hydroxylation is 2. The van der Waals surface area contributed by atoms with Gasteiger partial charge < -0.3 is 9.32 Å². The molecule has 1 aliphatic carbocycles. The quantitative estimate of drug-likeness (QED) is 0.423. The van der Waals surface area contributed by atoms with Crippen molar-refractivity contribution in [3.8, 4) is 0 Å². The topological polar surface area (TPSA) is 72.9 Å². The van der Waals surface area contributed by atoms with Gasteiger partial charge in [0.25, 0.3) is 0 Å². The predicted molar refractivity (Wildman–Crippen MR) is 117 cm³/mol. The van der Waals surface area contributed by atoms with E-state index in [1.54, 1.807) is 24.4 Å². The molecule has 1 fully saturated rings. The summed E-state index contributed by atoms with van der Waals surface area (Å²) in [5.41, 5.74) is 1.45. The molecule has 0 amide bonds. The van der Waals surface area contributed by atoms with E-state index >= 15 is 0 Å². The molecule has 154 valence electrons. The van der Waals surface area contributed by atoms with Crippen molar-refractivity contribution in [3.63, 3.8) is 0 Å². The minimum absolute atomic E-state index is 0.615. The van der Waals surface area contributed by atoms with Crippen molar-refractivity contribution in [3.05, 3.63) is 40.9 Å². The lowest BCUT2D eigenvalue weighted by Gasteiger charge is -2.17. The van der Waals surface area contributed by atoms with Crippen molar-refractivity contribution in [2.45, 2.75) is 55.3 Å². The van der Waals surface area contributed by atoms with Crippen molar-refractivity contribution in [1.82, 2.24) is 24.7 Å². The zero-order chi connectivity index (χ0) is 19.9. The van der Waals surface area contributed by atoms with Crippen molar-refractivity contribution < 1.29 is 4.42 Å². The summed E-state index contributed by atoms with van der Waals surface area (Å²) in [7, 11) is 0. The number of rotatable bonds is 5. The van der Waals surface area contributed by atoms with Crippen molar-refractivity contribution >= 4 is 39.3 Å². The Hall–Kier alpha value is -2.39. The zero-order valence-corrected chi connectivity index (χ0v) is 18.2. The highest BCUT2D eigenvalue weighted by Gasteiger charge is 2.25. The molecule has 5 heterocycles. The predicted octanol–water partition coefficient (Wildman–Crippen LogP) is 4.55. The summed E-state index contributed by atoms with van der Waals surface area (Å²) in [4.78, 5) is 14.1. The van der Waals surface area contributed by atoms with Crippen molar-refractivity contribution in [2.24, 2.45) is 0 Å². The number of fused-ring (bicyclic) bond motifs is 3. The van der Waals surface area contributed by atoms with Gasteiger partial charge >= 0.3 is 0 Å². The molecule has 1 saturated heterocycles. The molecular weight excluding hydrogens is 416 g/mol. The zero-order valence-electron chi connectivity index (χ0n) is 16.6. The summed E-state index contributed by atoms with van der Waals surface area (Å²) in [6.45, 7) is 2.66. The van der Waals surface area contributed by atoms with Gasteiger partial charge in [-0.05, 0) is 68.0 Å². The van der Waals surface area contributed by atoms with Crippen LogP contribution in [0.3, 0.4) is 0 Å². The number of hydrogen-bond donors (Lipinski definition) is 0. The first-order valence-electron chi connectivity index (χ1n) is 10.5. The lowest BCUT2D eigenvalue weighted by molar-refractivity contribution is 0.483. The van der Waals surface area contributed by atoms with Gasteiger partial charge in [0.1, 0.15) is 21.9 Å². The summed E-state index contributed by atoms with van der Waals surface area (Å²) < 4.78 is 7.80. The molecule has 0 radical (unpaired) electrons. The average Bonchev–Trinajstić information content (AvgIpc) is 3.56. The Kier molecular flexibility index (Phi) is 4.72. The Balaban J connectivity index is 1.42. The molecule has 4 aromatic rings. The van der Waals surface area contributed by atoms with Gasteiger partial charge in [-0.25, -0.2) is 9.97 Å². The largest absolute Gasteiger partial charge is 0.467 e. The average molecular weight is 439 g/mol. The van der Waals surface area contributed by atoms with Crippen LogP contribution in [-0.4, -0.2) is 37.8 Å². The first-order chi connectivity index (χ1) is 14.9. The minimum atomic E-state index is 0.615. The van der Waals surface area contributed by atoms with Crippen LogP contribution in [0, 0.1) is 0 Å². The summed E-state index contributed by atoms with van der Waals surface area (Å²) in [6.07, 6.45) is 10.6. The van der Waals surface area contributed by atoms with Gasteiger partial charge in [0.2, 0.25) is 5.95 Å². The van der Waals surface area contributed by atoms with Gasteiger partial charge in [-0.3, -0.25) is 4.57 Å². The maximum atomic E-state index is 5.63. The molecule has 0 bridgehead atoms. The first-order valence-corrected chi connectivity index (χ1v) is 12.1. The molecule has 0 saturated carbocycles. The number of anilines is 1. The second kappa shape index (κ2) is 7.70. The number of hydrogen-bond acceptors (Lipinski definition) is 8. The summed E-state index contributed by atoms with van der Waals surface area (Å²) in [5, 5.41) is 12.2. The van der Waals surface area contributed by atoms with Gasteiger partial charge in [-0.1, -0.05) is 0 Å². The molecular formula is C21H22N6OS2. The van der Waals surface area contributed by atoms with Crippen LogP contribution < -0.4 is 4.90 Å². The molecule has 0 atom stereocenters. The highest BCUT2D eigenvalue weighted by atomic mass is 32.2. The van der Waals surface area contributed by atoms with E-state index in [4.69, 9.17) is 4.42 Å². The van der Waals surface area contributed by atoms with E-state index in [9.17, 15) is 0 Å². The number of nitrogens with zero attached hydrogens (tertiary/aromatic N) is 6. The minimum Gasteiger partial charge on any atom is -0.467 e. The molecule has 7 nitrogen and oxygen atoms in total. The van der Waals surface area contributed by atoms with E-state index in [-0.39, 0.29) is 0 Å². The van der Waals surface area contributed by atoms with E-state index in [2.05, 4.69) is 29.6 Å². The van der Waals surface area contributed by atoms with Gasteiger partial charge in [-0.15, -0.1) is 21.5 Å². The van der Waals surface area contributed by atoms with Gasteiger partial charge in [-0.2, -0.15) is 0 Å². The fraction of sp³-hybridized carbons (Fsp3) is 0.429. The standard InChI is InChI=1S/C21H22N6OS2/c1-2-8-16-15(7-1)17-18(29-16)22-13-23-19(17)30-21-25-24-20(26-9-3-4-10-26)27(21)12-14-6-5-11-28-14/h5-6,11,13H,1-4,7-10,12H2. The maximum Gasteiger partial charge on any atom is 0.228 e. The van der Waals surface area contributed by atoms with E-state index in [1.807, 2.05) is 23.5 Å². The third-order valence-corrected chi connectivity index (χ3v) is 8.07. The van der Waals surface area contributed by atoms with Gasteiger partial charge in [0, 0.05) is 23.4 Å². The third kappa shape index (κ3) is 3.20. The molecule has 0 unspecified atom stereocenters. The molecule has 0 aromatic carbocycles. The van der Waals surface area contributed by atoms with Crippen LogP contribution in [0.4, 0.5) is 5.95 Å². The third-order valence-electron chi connectivity index (χ3n) is 5.88. The Morgan fingerprint density at radius 3 is 2.83 bits per heavy atom. The highest BCUT2D eigenvalue weighted by Crippen LogP contribution is 2.41. The van der Waals surface area contributed by atoms with Crippen molar-refractivity contribution in [2.75, 3.05) is 18.0 Å². The van der Waals surface area contributed by atoms with Crippen LogP contribution >= 0.6 is 23.1 Å².